The lowest BCUT2D eigenvalue weighted by Gasteiger charge is -2.28. The number of nitrogens with zero attached hydrogens (tertiary/aromatic N) is 2. The minimum Gasteiger partial charge on any atom is -0.411 e. The van der Waals surface area contributed by atoms with Crippen molar-refractivity contribution in [3.8, 4) is 0 Å². The summed E-state index contributed by atoms with van der Waals surface area (Å²) in [5.41, 5.74) is 9.80. The smallest absolute Gasteiger partial charge is 0.0862 e. The number of hydrogen-bond donors (Lipinski definition) is 3. The number of piperidine rings is 1. The summed E-state index contributed by atoms with van der Waals surface area (Å²) in [4.78, 5) is 2.24. The minimum atomic E-state index is 0.351. The second-order valence-corrected chi connectivity index (χ2v) is 6.77. The van der Waals surface area contributed by atoms with Crippen LogP contribution in [0.1, 0.15) is 19.3 Å². The predicted octanol–water partition coefficient (Wildman–Crippen LogP) is 3.89. The van der Waals surface area contributed by atoms with Gasteiger partial charge in [-0.05, 0) is 67.9 Å². The van der Waals surface area contributed by atoms with Crippen LogP contribution < -0.4 is 16.0 Å². The number of oxime groups is 1. The van der Waals surface area contributed by atoms with Crippen molar-refractivity contribution in [2.45, 2.75) is 19.3 Å². The molecule has 5 nitrogen and oxygen atoms in total. The van der Waals surface area contributed by atoms with Crippen LogP contribution in [0, 0.1) is 5.92 Å². The molecule has 0 unspecified atom stereocenters. The topological polar surface area (TPSA) is 73.9 Å². The summed E-state index contributed by atoms with van der Waals surface area (Å²) < 4.78 is 0. The zero-order valence-electron chi connectivity index (χ0n) is 15.6. The van der Waals surface area contributed by atoms with E-state index in [2.05, 4.69) is 39.6 Å². The standard InChI is InChI=1S/C22H28N4O/c23-17-21(18-11-14-24-15-12-18)22(25-27)13-16-26(19-7-3-1-4-8-19)20-9-5-2-6-10-20/h1-10,17-18,24,27H,11-16,23H2. The molecule has 1 aliphatic heterocycles. The van der Waals surface area contributed by atoms with Crippen molar-refractivity contribution in [1.29, 1.82) is 0 Å². The van der Waals surface area contributed by atoms with Crippen molar-refractivity contribution >= 4 is 17.1 Å². The lowest BCUT2D eigenvalue weighted by atomic mass is 9.86. The molecule has 0 spiro atoms. The Kier molecular flexibility index (Phi) is 6.88. The van der Waals surface area contributed by atoms with E-state index in [1.807, 2.05) is 36.4 Å². The molecular formula is C22H28N4O. The van der Waals surface area contributed by atoms with E-state index in [4.69, 9.17) is 5.73 Å². The van der Waals surface area contributed by atoms with E-state index >= 15 is 0 Å². The van der Waals surface area contributed by atoms with E-state index in [0.29, 0.717) is 24.6 Å². The predicted molar refractivity (Wildman–Crippen MR) is 112 cm³/mol. The van der Waals surface area contributed by atoms with Gasteiger partial charge in [-0.1, -0.05) is 41.6 Å². The molecule has 1 fully saturated rings. The van der Waals surface area contributed by atoms with Crippen LogP contribution in [0.4, 0.5) is 11.4 Å². The number of nitrogens with two attached hydrogens (primary N) is 1. The van der Waals surface area contributed by atoms with Crippen LogP contribution in [0.3, 0.4) is 0 Å². The molecule has 1 saturated heterocycles. The molecule has 0 aromatic heterocycles. The van der Waals surface area contributed by atoms with E-state index in [1.165, 1.54) is 0 Å². The Morgan fingerprint density at radius 3 is 2.07 bits per heavy atom. The highest BCUT2D eigenvalue weighted by Gasteiger charge is 2.22. The molecule has 2 aromatic carbocycles. The monoisotopic (exact) mass is 364 g/mol. The number of allylic oxidation sites excluding steroid dienone is 1. The third-order valence-electron chi connectivity index (χ3n) is 5.12. The van der Waals surface area contributed by atoms with E-state index < -0.39 is 0 Å². The van der Waals surface area contributed by atoms with Crippen molar-refractivity contribution in [2.75, 3.05) is 24.5 Å². The second kappa shape index (κ2) is 9.78. The summed E-state index contributed by atoms with van der Waals surface area (Å²) in [5.74, 6) is 0.351. The fraction of sp³-hybridized carbons (Fsp3) is 0.318. The van der Waals surface area contributed by atoms with Crippen LogP contribution in [0.2, 0.25) is 0 Å². The van der Waals surface area contributed by atoms with Crippen LogP contribution >= 0.6 is 0 Å². The van der Waals surface area contributed by atoms with Gasteiger partial charge in [-0.2, -0.15) is 0 Å². The maximum atomic E-state index is 9.67. The number of hydrogen-bond acceptors (Lipinski definition) is 5. The Balaban J connectivity index is 1.77. The highest BCUT2D eigenvalue weighted by atomic mass is 16.4. The summed E-state index contributed by atoms with van der Waals surface area (Å²) in [5, 5.41) is 16.6. The molecule has 2 aromatic rings. The van der Waals surface area contributed by atoms with Crippen molar-refractivity contribution in [3.05, 3.63) is 72.4 Å². The molecule has 0 radical (unpaired) electrons. The molecule has 0 bridgehead atoms. The van der Waals surface area contributed by atoms with Crippen LogP contribution in [-0.2, 0) is 0 Å². The average molecular weight is 364 g/mol. The molecule has 4 N–H and O–H groups in total. The first-order valence-corrected chi connectivity index (χ1v) is 9.55. The van der Waals surface area contributed by atoms with Crippen LogP contribution in [0.25, 0.3) is 0 Å². The molecule has 1 heterocycles. The zero-order chi connectivity index (χ0) is 18.9. The van der Waals surface area contributed by atoms with Gasteiger partial charge >= 0.3 is 0 Å². The van der Waals surface area contributed by atoms with Crippen molar-refractivity contribution in [3.63, 3.8) is 0 Å². The normalized spacial score (nSPS) is 16.3. The fourth-order valence-corrected chi connectivity index (χ4v) is 3.69. The van der Waals surface area contributed by atoms with Crippen molar-refractivity contribution in [2.24, 2.45) is 16.8 Å². The molecular weight excluding hydrogens is 336 g/mol. The van der Waals surface area contributed by atoms with Gasteiger partial charge in [0.15, 0.2) is 0 Å². The first-order chi connectivity index (χ1) is 13.3. The Morgan fingerprint density at radius 1 is 1.04 bits per heavy atom. The third kappa shape index (κ3) is 4.89. The number of rotatable bonds is 7. The van der Waals surface area contributed by atoms with Crippen molar-refractivity contribution < 1.29 is 5.21 Å². The van der Waals surface area contributed by atoms with Gasteiger partial charge in [-0.3, -0.25) is 0 Å². The molecule has 142 valence electrons. The van der Waals surface area contributed by atoms with E-state index in [9.17, 15) is 5.21 Å². The lowest BCUT2D eigenvalue weighted by Crippen LogP contribution is -2.31. The van der Waals surface area contributed by atoms with Gasteiger partial charge in [0.25, 0.3) is 0 Å². The van der Waals surface area contributed by atoms with Gasteiger partial charge in [-0.25, -0.2) is 0 Å². The summed E-state index contributed by atoms with van der Waals surface area (Å²) in [6, 6.07) is 20.5. The maximum absolute atomic E-state index is 9.67. The van der Waals surface area contributed by atoms with Gasteiger partial charge in [0.2, 0.25) is 0 Å². The summed E-state index contributed by atoms with van der Waals surface area (Å²) in [6.07, 6.45) is 4.28. The number of anilines is 2. The quantitative estimate of drug-likeness (QED) is 0.396. The van der Waals surface area contributed by atoms with Gasteiger partial charge in [-0.15, -0.1) is 0 Å². The summed E-state index contributed by atoms with van der Waals surface area (Å²) in [7, 11) is 0. The Morgan fingerprint density at radius 2 is 1.59 bits per heavy atom. The van der Waals surface area contributed by atoms with Gasteiger partial charge in [0, 0.05) is 24.3 Å². The molecule has 3 rings (SSSR count). The average Bonchev–Trinajstić information content (AvgIpc) is 2.75. The fourth-order valence-electron chi connectivity index (χ4n) is 3.69. The molecule has 0 atom stereocenters. The molecule has 5 heteroatoms. The Hall–Kier alpha value is -2.79. The largest absolute Gasteiger partial charge is 0.411 e. The van der Waals surface area contributed by atoms with Gasteiger partial charge in [0.05, 0.1) is 5.71 Å². The highest BCUT2D eigenvalue weighted by molar-refractivity contribution is 6.00. The van der Waals surface area contributed by atoms with E-state index in [1.54, 1.807) is 6.20 Å². The third-order valence-corrected chi connectivity index (χ3v) is 5.12. The first kappa shape index (κ1) is 19.0. The summed E-state index contributed by atoms with van der Waals surface area (Å²) >= 11 is 0. The molecule has 0 aliphatic carbocycles. The molecule has 1 aliphatic rings. The zero-order valence-corrected chi connectivity index (χ0v) is 15.6. The second-order valence-electron chi connectivity index (χ2n) is 6.77. The van der Waals surface area contributed by atoms with Crippen LogP contribution in [-0.4, -0.2) is 30.6 Å². The van der Waals surface area contributed by atoms with Gasteiger partial charge in [0.1, 0.15) is 0 Å². The van der Waals surface area contributed by atoms with E-state index in [-0.39, 0.29) is 0 Å². The Bertz CT molecular complexity index is 713. The first-order valence-electron chi connectivity index (χ1n) is 9.55. The number of para-hydroxylation sites is 2. The van der Waals surface area contributed by atoms with Gasteiger partial charge < -0.3 is 21.2 Å². The minimum absolute atomic E-state index is 0.351. The Labute approximate surface area is 161 Å². The molecule has 27 heavy (non-hydrogen) atoms. The van der Waals surface area contributed by atoms with E-state index in [0.717, 1.165) is 42.9 Å². The maximum Gasteiger partial charge on any atom is 0.0862 e. The number of benzene rings is 2. The lowest BCUT2D eigenvalue weighted by molar-refractivity contribution is 0.316. The molecule has 0 saturated carbocycles. The van der Waals surface area contributed by atoms with Crippen LogP contribution in [0.15, 0.2) is 77.6 Å². The highest BCUT2D eigenvalue weighted by Crippen LogP contribution is 2.27. The van der Waals surface area contributed by atoms with Crippen molar-refractivity contribution in [1.82, 2.24) is 5.32 Å². The molecule has 0 amide bonds. The SMILES string of the molecule is NC=C(C(CCN(c1ccccc1)c1ccccc1)=NO)C1CCNCC1. The summed E-state index contributed by atoms with van der Waals surface area (Å²) in [6.45, 7) is 2.65. The van der Waals surface area contributed by atoms with Crippen LogP contribution in [0.5, 0.6) is 0 Å². The number of nitrogens with one attached hydrogen (secondary N) is 1.